The lowest BCUT2D eigenvalue weighted by Gasteiger charge is -2.29. The molecule has 0 spiro atoms. The fraction of sp³-hybridized carbons (Fsp3) is 0.480. The zero-order chi connectivity index (χ0) is 21.5. The number of aliphatic hydroxyl groups excluding tert-OH is 1. The average Bonchev–Trinajstić information content (AvgIpc) is 3.26. The summed E-state index contributed by atoms with van der Waals surface area (Å²) in [7, 11) is 1.81. The molecule has 0 aliphatic carbocycles. The minimum Gasteiger partial charge on any atom is -0.493 e. The second kappa shape index (κ2) is 12.4. The highest BCUT2D eigenvalue weighted by molar-refractivity contribution is 14.0. The lowest BCUT2D eigenvalue weighted by atomic mass is 10.1. The summed E-state index contributed by atoms with van der Waals surface area (Å²) in [6, 6.07) is 15.3. The zero-order valence-corrected chi connectivity index (χ0v) is 21.2. The van der Waals surface area contributed by atoms with Gasteiger partial charge in [-0.05, 0) is 47.6 Å². The van der Waals surface area contributed by atoms with Gasteiger partial charge in [-0.3, -0.25) is 9.89 Å². The first kappa shape index (κ1) is 24.8. The first-order valence-corrected chi connectivity index (χ1v) is 11.4. The van der Waals surface area contributed by atoms with Gasteiger partial charge in [0.1, 0.15) is 5.75 Å². The molecule has 3 N–H and O–H groups in total. The Morgan fingerprint density at radius 3 is 2.53 bits per heavy atom. The number of nitrogens with one attached hydrogen (secondary N) is 2. The molecule has 32 heavy (non-hydrogen) atoms. The predicted octanol–water partition coefficient (Wildman–Crippen LogP) is 3.10. The Bertz CT molecular complexity index is 880. The average molecular weight is 550 g/mol. The number of aliphatic hydroxyl groups is 1. The molecule has 1 fully saturated rings. The summed E-state index contributed by atoms with van der Waals surface area (Å²) in [6.45, 7) is 5.29. The van der Waals surface area contributed by atoms with Crippen molar-refractivity contribution in [3.63, 3.8) is 0 Å². The van der Waals surface area contributed by atoms with Crippen LogP contribution in [0.5, 0.6) is 5.75 Å². The molecule has 0 bridgehead atoms. The minimum absolute atomic E-state index is 0. The number of guanidine groups is 1. The second-order valence-electron chi connectivity index (χ2n) is 8.47. The standard InChI is InChI=1S/C25H34N4O2.HI/c1-26-25(27-12-8-19-6-7-24-22(16-19)11-15-31-24)28-17-20-2-4-21(5-3-20)18-29-13-9-23(30)10-14-29;/h2-7,16,23,30H,8-15,17-18H2,1H3,(H2,26,27,28);1H. The Morgan fingerprint density at radius 2 is 1.78 bits per heavy atom. The summed E-state index contributed by atoms with van der Waals surface area (Å²) in [6.07, 6.45) is 3.62. The first-order chi connectivity index (χ1) is 15.2. The molecule has 2 heterocycles. The molecule has 4 rings (SSSR count). The third-order valence-corrected chi connectivity index (χ3v) is 6.13. The summed E-state index contributed by atoms with van der Waals surface area (Å²) in [5.41, 5.74) is 5.20. The molecule has 0 radical (unpaired) electrons. The van der Waals surface area contributed by atoms with E-state index in [0.29, 0.717) is 0 Å². The van der Waals surface area contributed by atoms with Crippen LogP contribution >= 0.6 is 24.0 Å². The second-order valence-corrected chi connectivity index (χ2v) is 8.47. The molecule has 0 aromatic heterocycles. The van der Waals surface area contributed by atoms with E-state index < -0.39 is 0 Å². The van der Waals surface area contributed by atoms with Crippen molar-refractivity contribution in [3.05, 3.63) is 64.7 Å². The summed E-state index contributed by atoms with van der Waals surface area (Å²) < 4.78 is 5.58. The van der Waals surface area contributed by atoms with Crippen molar-refractivity contribution in [2.45, 2.75) is 44.9 Å². The number of piperidine rings is 1. The minimum atomic E-state index is -0.115. The fourth-order valence-electron chi connectivity index (χ4n) is 4.23. The SMILES string of the molecule is CN=C(NCCc1ccc2c(c1)CCO2)NCc1ccc(CN2CCC(O)CC2)cc1.I. The maximum Gasteiger partial charge on any atom is 0.191 e. The largest absolute Gasteiger partial charge is 0.493 e. The lowest BCUT2D eigenvalue weighted by Crippen LogP contribution is -2.37. The van der Waals surface area contributed by atoms with E-state index in [9.17, 15) is 5.11 Å². The predicted molar refractivity (Wildman–Crippen MR) is 140 cm³/mol. The van der Waals surface area contributed by atoms with E-state index in [2.05, 4.69) is 63.0 Å². The molecule has 0 unspecified atom stereocenters. The van der Waals surface area contributed by atoms with Gasteiger partial charge in [0.25, 0.3) is 0 Å². The van der Waals surface area contributed by atoms with Crippen molar-refractivity contribution < 1.29 is 9.84 Å². The molecule has 6 nitrogen and oxygen atoms in total. The number of likely N-dealkylation sites (tertiary alicyclic amines) is 1. The Balaban J connectivity index is 0.00000289. The number of fused-ring (bicyclic) bond motifs is 1. The van der Waals surface area contributed by atoms with Crippen molar-refractivity contribution in [1.82, 2.24) is 15.5 Å². The van der Waals surface area contributed by atoms with Crippen LogP contribution in [0.2, 0.25) is 0 Å². The van der Waals surface area contributed by atoms with Gasteiger partial charge in [-0.1, -0.05) is 36.4 Å². The molecule has 7 heteroatoms. The molecule has 2 aromatic carbocycles. The smallest absolute Gasteiger partial charge is 0.191 e. The summed E-state index contributed by atoms with van der Waals surface area (Å²) in [4.78, 5) is 6.76. The summed E-state index contributed by atoms with van der Waals surface area (Å²) >= 11 is 0. The maximum absolute atomic E-state index is 9.65. The van der Waals surface area contributed by atoms with Gasteiger partial charge in [0.15, 0.2) is 5.96 Å². The van der Waals surface area contributed by atoms with Crippen LogP contribution in [0.1, 0.15) is 35.1 Å². The van der Waals surface area contributed by atoms with Gasteiger partial charge in [-0.25, -0.2) is 0 Å². The van der Waals surface area contributed by atoms with Gasteiger partial charge < -0.3 is 20.5 Å². The number of ether oxygens (including phenoxy) is 1. The highest BCUT2D eigenvalue weighted by Crippen LogP contribution is 2.25. The molecule has 2 aliphatic rings. The number of halogens is 1. The van der Waals surface area contributed by atoms with Crippen LogP contribution < -0.4 is 15.4 Å². The molecule has 0 saturated carbocycles. The highest BCUT2D eigenvalue weighted by atomic mass is 127. The number of rotatable bonds is 7. The Hall–Kier alpha value is -1.84. The number of benzene rings is 2. The zero-order valence-electron chi connectivity index (χ0n) is 18.8. The van der Waals surface area contributed by atoms with Crippen molar-refractivity contribution in [1.29, 1.82) is 0 Å². The molecular weight excluding hydrogens is 515 g/mol. The number of nitrogens with zero attached hydrogens (tertiary/aromatic N) is 2. The number of hydrogen-bond acceptors (Lipinski definition) is 4. The highest BCUT2D eigenvalue weighted by Gasteiger charge is 2.16. The van der Waals surface area contributed by atoms with Crippen molar-refractivity contribution >= 4 is 29.9 Å². The van der Waals surface area contributed by atoms with E-state index in [-0.39, 0.29) is 30.1 Å². The van der Waals surface area contributed by atoms with Crippen molar-refractivity contribution in [2.75, 3.05) is 33.3 Å². The van der Waals surface area contributed by atoms with E-state index >= 15 is 0 Å². The Morgan fingerprint density at radius 1 is 1.06 bits per heavy atom. The monoisotopic (exact) mass is 550 g/mol. The topological polar surface area (TPSA) is 69.1 Å². The Labute approximate surface area is 208 Å². The molecule has 0 amide bonds. The maximum atomic E-state index is 9.65. The van der Waals surface area contributed by atoms with Crippen LogP contribution in [0.25, 0.3) is 0 Å². The van der Waals surface area contributed by atoms with Crippen molar-refractivity contribution in [2.24, 2.45) is 4.99 Å². The molecule has 1 saturated heterocycles. The quantitative estimate of drug-likeness (QED) is 0.281. The van der Waals surface area contributed by atoms with E-state index in [1.807, 2.05) is 0 Å². The Kier molecular flexibility index (Phi) is 9.62. The van der Waals surface area contributed by atoms with E-state index in [1.54, 1.807) is 7.05 Å². The van der Waals surface area contributed by atoms with Gasteiger partial charge in [-0.2, -0.15) is 0 Å². The molecule has 2 aliphatic heterocycles. The third-order valence-electron chi connectivity index (χ3n) is 6.13. The van der Waals surface area contributed by atoms with Crippen LogP contribution in [0.3, 0.4) is 0 Å². The first-order valence-electron chi connectivity index (χ1n) is 11.4. The van der Waals surface area contributed by atoms with Crippen LogP contribution in [0.15, 0.2) is 47.5 Å². The normalized spacial score (nSPS) is 16.8. The molecular formula is C25H35IN4O2. The van der Waals surface area contributed by atoms with Crippen LogP contribution in [0.4, 0.5) is 0 Å². The van der Waals surface area contributed by atoms with E-state index in [4.69, 9.17) is 4.74 Å². The molecule has 2 aromatic rings. The van der Waals surface area contributed by atoms with E-state index in [1.165, 1.54) is 22.3 Å². The van der Waals surface area contributed by atoms with Gasteiger partial charge in [-0.15, -0.1) is 24.0 Å². The van der Waals surface area contributed by atoms with Gasteiger partial charge in [0.2, 0.25) is 0 Å². The van der Waals surface area contributed by atoms with Crippen LogP contribution in [-0.4, -0.2) is 55.4 Å². The summed E-state index contributed by atoms with van der Waals surface area (Å²) in [5, 5.41) is 16.5. The lowest BCUT2D eigenvalue weighted by molar-refractivity contribution is 0.0792. The van der Waals surface area contributed by atoms with Gasteiger partial charge in [0.05, 0.1) is 12.7 Å². The molecule has 0 atom stereocenters. The number of hydrogen-bond donors (Lipinski definition) is 3. The van der Waals surface area contributed by atoms with Crippen LogP contribution in [-0.2, 0) is 25.9 Å². The van der Waals surface area contributed by atoms with E-state index in [0.717, 1.165) is 76.7 Å². The number of aliphatic imine (C=N–C) groups is 1. The molecule has 174 valence electrons. The van der Waals surface area contributed by atoms with Gasteiger partial charge >= 0.3 is 0 Å². The van der Waals surface area contributed by atoms with Crippen molar-refractivity contribution in [3.8, 4) is 5.75 Å². The van der Waals surface area contributed by atoms with Gasteiger partial charge in [0, 0.05) is 46.2 Å². The fourth-order valence-corrected chi connectivity index (χ4v) is 4.23. The van der Waals surface area contributed by atoms with Crippen LogP contribution in [0, 0.1) is 0 Å². The third kappa shape index (κ3) is 7.08. The summed E-state index contributed by atoms with van der Waals surface area (Å²) in [5.74, 6) is 1.86.